The van der Waals surface area contributed by atoms with E-state index in [1.807, 2.05) is 0 Å². The zero-order valence-corrected chi connectivity index (χ0v) is 11.1. The number of carbonyl (C=O) groups is 2. The quantitative estimate of drug-likeness (QED) is 0.747. The summed E-state index contributed by atoms with van der Waals surface area (Å²) in [4.78, 5) is 23.4. The minimum absolute atomic E-state index is 0.192. The van der Waals surface area contributed by atoms with Crippen molar-refractivity contribution in [2.75, 3.05) is 0 Å². The number of allylic oxidation sites excluding steroid dienone is 4. The first-order chi connectivity index (χ1) is 10.4. The van der Waals surface area contributed by atoms with Gasteiger partial charge in [-0.1, -0.05) is 24.3 Å². The van der Waals surface area contributed by atoms with Gasteiger partial charge >= 0.3 is 6.18 Å². The Morgan fingerprint density at radius 3 is 2.41 bits per heavy atom. The highest BCUT2D eigenvalue weighted by molar-refractivity contribution is 6.35. The monoisotopic (exact) mass is 302 g/mol. The summed E-state index contributed by atoms with van der Waals surface area (Å²) < 4.78 is 38.3. The second-order valence-electron chi connectivity index (χ2n) is 4.90. The third-order valence-corrected chi connectivity index (χ3v) is 3.45. The third kappa shape index (κ3) is 2.45. The van der Waals surface area contributed by atoms with E-state index in [1.54, 1.807) is 18.2 Å². The maximum Gasteiger partial charge on any atom is 0.416 e. The van der Waals surface area contributed by atoms with E-state index in [0.29, 0.717) is 16.3 Å². The van der Waals surface area contributed by atoms with Gasteiger partial charge in [-0.2, -0.15) is 13.2 Å². The van der Waals surface area contributed by atoms with E-state index >= 15 is 0 Å². The molecular formula is C17H9F3O2. The highest BCUT2D eigenvalue weighted by Crippen LogP contribution is 2.34. The van der Waals surface area contributed by atoms with E-state index in [4.69, 9.17) is 0 Å². The van der Waals surface area contributed by atoms with E-state index < -0.39 is 11.7 Å². The van der Waals surface area contributed by atoms with Gasteiger partial charge in [0.05, 0.1) is 5.56 Å². The van der Waals surface area contributed by atoms with Crippen LogP contribution in [-0.4, -0.2) is 11.6 Å². The van der Waals surface area contributed by atoms with Crippen LogP contribution in [0.2, 0.25) is 0 Å². The Labute approximate surface area is 123 Å². The van der Waals surface area contributed by atoms with Crippen molar-refractivity contribution in [2.45, 2.75) is 6.18 Å². The van der Waals surface area contributed by atoms with Gasteiger partial charge in [-0.05, 0) is 46.7 Å². The maximum absolute atomic E-state index is 12.8. The molecule has 0 saturated heterocycles. The van der Waals surface area contributed by atoms with Crippen LogP contribution in [0.4, 0.5) is 13.2 Å². The molecule has 0 heterocycles. The number of rotatable bonds is 1. The van der Waals surface area contributed by atoms with E-state index in [0.717, 1.165) is 12.1 Å². The summed E-state index contributed by atoms with van der Waals surface area (Å²) in [5.74, 6) is -0.662. The molecule has 0 spiro atoms. The first kappa shape index (κ1) is 14.3. The number of hydrogen-bond donors (Lipinski definition) is 0. The molecule has 0 aromatic heterocycles. The average Bonchev–Trinajstić information content (AvgIpc) is 2.48. The van der Waals surface area contributed by atoms with Crippen LogP contribution in [0.15, 0.2) is 54.6 Å². The van der Waals surface area contributed by atoms with Crippen LogP contribution < -0.4 is 0 Å². The molecular weight excluding hydrogens is 293 g/mol. The second kappa shape index (κ2) is 4.94. The van der Waals surface area contributed by atoms with Gasteiger partial charge in [0.25, 0.3) is 0 Å². The molecule has 2 nitrogen and oxygen atoms in total. The predicted molar refractivity (Wildman–Crippen MR) is 76.1 cm³/mol. The molecule has 1 aliphatic rings. The van der Waals surface area contributed by atoms with E-state index in [2.05, 4.69) is 0 Å². The van der Waals surface area contributed by atoms with Crippen molar-refractivity contribution < 1.29 is 22.8 Å². The number of benzene rings is 2. The molecule has 2 aromatic rings. The van der Waals surface area contributed by atoms with Crippen LogP contribution in [0.5, 0.6) is 0 Å². The predicted octanol–water partition coefficient (Wildman–Crippen LogP) is 3.95. The minimum atomic E-state index is -4.43. The van der Waals surface area contributed by atoms with Gasteiger partial charge in [-0.25, -0.2) is 0 Å². The Bertz CT molecular complexity index is 858. The molecule has 1 aliphatic carbocycles. The van der Waals surface area contributed by atoms with Crippen LogP contribution in [0.25, 0.3) is 16.3 Å². The normalized spacial score (nSPS) is 15.3. The number of ketones is 2. The lowest BCUT2D eigenvalue weighted by Gasteiger charge is -2.12. The molecule has 0 radical (unpaired) electrons. The highest BCUT2D eigenvalue weighted by Gasteiger charge is 2.30. The lowest BCUT2D eigenvalue weighted by Crippen LogP contribution is -2.07. The summed E-state index contributed by atoms with van der Waals surface area (Å²) in [6, 6.07) is 8.05. The Balaban J connectivity index is 2.20. The first-order valence-electron chi connectivity index (χ1n) is 6.45. The lowest BCUT2D eigenvalue weighted by molar-refractivity contribution is -0.137. The molecule has 0 atom stereocenters. The molecule has 22 heavy (non-hydrogen) atoms. The van der Waals surface area contributed by atoms with Gasteiger partial charge < -0.3 is 0 Å². The SMILES string of the molecule is O=C1C=CC(=O)C(c2cccc3cc(C(F)(F)F)ccc23)=C1. The van der Waals surface area contributed by atoms with Gasteiger partial charge in [0, 0.05) is 5.57 Å². The lowest BCUT2D eigenvalue weighted by atomic mass is 9.91. The zero-order valence-electron chi connectivity index (χ0n) is 11.1. The molecule has 0 saturated carbocycles. The number of alkyl halides is 3. The van der Waals surface area contributed by atoms with Crippen molar-refractivity contribution in [2.24, 2.45) is 0 Å². The van der Waals surface area contributed by atoms with Gasteiger partial charge in [0.1, 0.15) is 0 Å². The molecule has 5 heteroatoms. The first-order valence-corrected chi connectivity index (χ1v) is 6.45. The number of hydrogen-bond acceptors (Lipinski definition) is 2. The average molecular weight is 302 g/mol. The standard InChI is InChI=1S/C17H9F3O2/c18-17(19,20)11-4-6-13-10(8-11)2-1-3-14(13)15-9-12(21)5-7-16(15)22/h1-9H. The molecule has 0 bridgehead atoms. The Morgan fingerprint density at radius 1 is 0.909 bits per heavy atom. The minimum Gasteiger partial charge on any atom is -0.290 e. The fraction of sp³-hybridized carbons (Fsp3) is 0.0588. The van der Waals surface area contributed by atoms with Crippen molar-refractivity contribution in [1.29, 1.82) is 0 Å². The summed E-state index contributed by atoms with van der Waals surface area (Å²) in [6.45, 7) is 0. The number of carbonyl (C=O) groups excluding carboxylic acids is 2. The smallest absolute Gasteiger partial charge is 0.290 e. The Hall–Kier alpha value is -2.69. The van der Waals surface area contributed by atoms with E-state index in [9.17, 15) is 22.8 Å². The van der Waals surface area contributed by atoms with Crippen LogP contribution in [-0.2, 0) is 15.8 Å². The van der Waals surface area contributed by atoms with E-state index in [1.165, 1.54) is 24.3 Å². The summed E-state index contributed by atoms with van der Waals surface area (Å²) in [5.41, 5.74) is -0.108. The zero-order chi connectivity index (χ0) is 15.9. The van der Waals surface area contributed by atoms with E-state index in [-0.39, 0.29) is 17.1 Å². The highest BCUT2D eigenvalue weighted by atomic mass is 19.4. The molecule has 3 rings (SSSR count). The van der Waals surface area contributed by atoms with Crippen molar-refractivity contribution in [3.05, 3.63) is 65.8 Å². The summed E-state index contributed by atoms with van der Waals surface area (Å²) in [7, 11) is 0. The van der Waals surface area contributed by atoms with Gasteiger partial charge in [-0.15, -0.1) is 0 Å². The summed E-state index contributed by atoms with van der Waals surface area (Å²) in [5, 5.41) is 0.862. The third-order valence-electron chi connectivity index (χ3n) is 3.45. The number of fused-ring (bicyclic) bond motifs is 1. The van der Waals surface area contributed by atoms with Crippen LogP contribution in [0.1, 0.15) is 11.1 Å². The Kier molecular flexibility index (Phi) is 3.20. The fourth-order valence-corrected chi connectivity index (χ4v) is 2.41. The maximum atomic E-state index is 12.8. The van der Waals surface area contributed by atoms with Crippen molar-refractivity contribution in [1.82, 2.24) is 0 Å². The van der Waals surface area contributed by atoms with Crippen LogP contribution in [0.3, 0.4) is 0 Å². The fourth-order valence-electron chi connectivity index (χ4n) is 2.41. The van der Waals surface area contributed by atoms with Gasteiger partial charge in [-0.3, -0.25) is 9.59 Å². The topological polar surface area (TPSA) is 34.1 Å². The molecule has 110 valence electrons. The van der Waals surface area contributed by atoms with Crippen LogP contribution >= 0.6 is 0 Å². The Morgan fingerprint density at radius 2 is 1.68 bits per heavy atom. The molecule has 0 N–H and O–H groups in total. The summed E-state index contributed by atoms with van der Waals surface area (Å²) >= 11 is 0. The largest absolute Gasteiger partial charge is 0.416 e. The summed E-state index contributed by atoms with van der Waals surface area (Å²) in [6.07, 6.45) is -0.892. The van der Waals surface area contributed by atoms with Gasteiger partial charge in [0.2, 0.25) is 0 Å². The molecule has 0 amide bonds. The number of halogens is 3. The molecule has 0 fully saturated rings. The molecule has 2 aromatic carbocycles. The molecule has 0 unspecified atom stereocenters. The van der Waals surface area contributed by atoms with Crippen molar-refractivity contribution in [3.63, 3.8) is 0 Å². The van der Waals surface area contributed by atoms with Crippen molar-refractivity contribution >= 4 is 27.9 Å². The van der Waals surface area contributed by atoms with Crippen molar-refractivity contribution in [3.8, 4) is 0 Å². The van der Waals surface area contributed by atoms with Crippen LogP contribution in [0, 0.1) is 0 Å². The van der Waals surface area contributed by atoms with Gasteiger partial charge in [0.15, 0.2) is 11.6 Å². The molecule has 0 aliphatic heterocycles. The second-order valence-corrected chi connectivity index (χ2v) is 4.90.